The van der Waals surface area contributed by atoms with E-state index in [1.807, 2.05) is 6.26 Å². The molecule has 3 nitrogen and oxygen atoms in total. The molecule has 0 amide bonds. The predicted octanol–water partition coefficient (Wildman–Crippen LogP) is 1.50. The molecule has 0 saturated carbocycles. The molecule has 0 atom stereocenters. The van der Waals surface area contributed by atoms with Gasteiger partial charge < -0.3 is 0 Å². The van der Waals surface area contributed by atoms with Crippen LogP contribution in [0.25, 0.3) is 0 Å². The topological polar surface area (TPSA) is 34.9 Å². The van der Waals surface area contributed by atoms with E-state index in [2.05, 4.69) is 4.98 Å². The van der Waals surface area contributed by atoms with Gasteiger partial charge in [0.25, 0.3) is 12.0 Å². The van der Waals surface area contributed by atoms with E-state index >= 15 is 0 Å². The minimum atomic E-state index is -2.68. The molecule has 1 aromatic rings. The lowest BCUT2D eigenvalue weighted by molar-refractivity contribution is 0.145. The Bertz CT molecular complexity index is 340. The summed E-state index contributed by atoms with van der Waals surface area (Å²) in [4.78, 5) is 14.6. The van der Waals surface area contributed by atoms with Gasteiger partial charge in [0.05, 0.1) is 12.2 Å². The van der Waals surface area contributed by atoms with Crippen LogP contribution in [0.15, 0.2) is 17.2 Å². The summed E-state index contributed by atoms with van der Waals surface area (Å²) in [5, 5.41) is 0. The number of thioether (sulfide) groups is 1. The average Bonchev–Trinajstić information content (AvgIpc) is 2.08. The zero-order chi connectivity index (χ0) is 9.84. The van der Waals surface area contributed by atoms with Gasteiger partial charge in [0, 0.05) is 6.07 Å². The Hall–Kier alpha value is -0.910. The first kappa shape index (κ1) is 10.2. The second kappa shape index (κ2) is 4.36. The Labute approximate surface area is 77.8 Å². The largest absolute Gasteiger partial charge is 0.289 e. The Kier molecular flexibility index (Phi) is 3.41. The Morgan fingerprint density at radius 3 is 2.85 bits per heavy atom. The molecule has 72 valence electrons. The van der Waals surface area contributed by atoms with E-state index in [0.29, 0.717) is 5.88 Å². The highest BCUT2D eigenvalue weighted by Crippen LogP contribution is 2.13. The van der Waals surface area contributed by atoms with E-state index in [-0.39, 0.29) is 0 Å². The highest BCUT2D eigenvalue weighted by Gasteiger charge is 2.09. The molecule has 1 aromatic heterocycles. The fraction of sp³-hybridized carbons (Fsp3) is 0.429. The zero-order valence-corrected chi connectivity index (χ0v) is 7.72. The first-order valence-corrected chi connectivity index (χ1v) is 4.88. The molecule has 0 bridgehead atoms. The zero-order valence-electron chi connectivity index (χ0n) is 6.91. The molecule has 1 rings (SSSR count). The van der Waals surface area contributed by atoms with Gasteiger partial charge in [-0.15, -0.1) is 11.8 Å². The van der Waals surface area contributed by atoms with Crippen LogP contribution < -0.4 is 5.56 Å². The van der Waals surface area contributed by atoms with Gasteiger partial charge in [-0.3, -0.25) is 9.36 Å². The Balaban J connectivity index is 2.99. The predicted molar refractivity (Wildman–Crippen MR) is 47.0 cm³/mol. The van der Waals surface area contributed by atoms with Crippen molar-refractivity contribution in [1.82, 2.24) is 9.55 Å². The third kappa shape index (κ3) is 2.51. The van der Waals surface area contributed by atoms with Crippen LogP contribution in [0, 0.1) is 0 Å². The van der Waals surface area contributed by atoms with Crippen LogP contribution in [0.4, 0.5) is 8.78 Å². The summed E-state index contributed by atoms with van der Waals surface area (Å²) in [6.45, 7) is 0. The average molecular weight is 206 g/mol. The molecular weight excluding hydrogens is 198 g/mol. The van der Waals surface area contributed by atoms with Crippen molar-refractivity contribution < 1.29 is 8.78 Å². The summed E-state index contributed by atoms with van der Waals surface area (Å²) in [5.41, 5.74) is -0.915. The molecule has 6 heteroatoms. The standard InChI is InChI=1S/C7H8F2N2OS/c1-13-4-11-3-10-5(7(8)9)2-6(11)12/h2-3,7H,4H2,1H3. The van der Waals surface area contributed by atoms with Crippen molar-refractivity contribution >= 4 is 11.8 Å². The highest BCUT2D eigenvalue weighted by atomic mass is 32.2. The van der Waals surface area contributed by atoms with E-state index in [4.69, 9.17) is 0 Å². The van der Waals surface area contributed by atoms with E-state index in [9.17, 15) is 13.6 Å². The molecule has 13 heavy (non-hydrogen) atoms. The number of rotatable bonds is 3. The van der Waals surface area contributed by atoms with Crippen molar-refractivity contribution in [2.24, 2.45) is 0 Å². The van der Waals surface area contributed by atoms with Gasteiger partial charge in [-0.1, -0.05) is 0 Å². The summed E-state index contributed by atoms with van der Waals surface area (Å²) in [6.07, 6.45) is 0.268. The van der Waals surface area contributed by atoms with Crippen LogP contribution in [-0.4, -0.2) is 15.8 Å². The molecule has 0 aliphatic heterocycles. The van der Waals surface area contributed by atoms with Crippen LogP contribution in [-0.2, 0) is 5.88 Å². The first-order valence-electron chi connectivity index (χ1n) is 3.48. The molecule has 0 saturated heterocycles. The lowest BCUT2D eigenvalue weighted by Gasteiger charge is -2.03. The lowest BCUT2D eigenvalue weighted by Crippen LogP contribution is -2.19. The number of aromatic nitrogens is 2. The highest BCUT2D eigenvalue weighted by molar-refractivity contribution is 7.97. The maximum Gasteiger partial charge on any atom is 0.280 e. The number of halogens is 2. The number of hydrogen-bond acceptors (Lipinski definition) is 3. The van der Waals surface area contributed by atoms with Crippen LogP contribution >= 0.6 is 11.8 Å². The van der Waals surface area contributed by atoms with Crippen LogP contribution in [0.5, 0.6) is 0 Å². The van der Waals surface area contributed by atoms with Gasteiger partial charge >= 0.3 is 0 Å². The summed E-state index contributed by atoms with van der Waals surface area (Å²) in [7, 11) is 0. The Morgan fingerprint density at radius 1 is 1.69 bits per heavy atom. The monoisotopic (exact) mass is 206 g/mol. The maximum atomic E-state index is 12.0. The molecule has 0 aromatic carbocycles. The van der Waals surface area contributed by atoms with E-state index in [1.54, 1.807) is 0 Å². The van der Waals surface area contributed by atoms with Crippen molar-refractivity contribution in [1.29, 1.82) is 0 Å². The fourth-order valence-corrected chi connectivity index (χ4v) is 1.27. The second-order valence-electron chi connectivity index (χ2n) is 2.34. The normalized spacial score (nSPS) is 10.8. The van der Waals surface area contributed by atoms with Gasteiger partial charge in [0.1, 0.15) is 5.69 Å². The van der Waals surface area contributed by atoms with Gasteiger partial charge in [-0.25, -0.2) is 13.8 Å². The van der Waals surface area contributed by atoms with Crippen molar-refractivity contribution in [3.05, 3.63) is 28.4 Å². The minimum absolute atomic E-state index is 0.426. The molecule has 0 spiro atoms. The van der Waals surface area contributed by atoms with Gasteiger partial charge in [-0.2, -0.15) is 0 Å². The molecule has 0 aliphatic rings. The molecule has 0 radical (unpaired) electrons. The summed E-state index contributed by atoms with van der Waals surface area (Å²) >= 11 is 1.42. The lowest BCUT2D eigenvalue weighted by atomic mass is 10.4. The SMILES string of the molecule is CSCn1cnc(C(F)F)cc1=O. The molecule has 0 fully saturated rings. The maximum absolute atomic E-state index is 12.0. The molecule has 0 unspecified atom stereocenters. The molecule has 0 N–H and O–H groups in total. The van der Waals surface area contributed by atoms with E-state index < -0.39 is 17.7 Å². The van der Waals surface area contributed by atoms with Gasteiger partial charge in [0.2, 0.25) is 0 Å². The molecule has 1 heterocycles. The first-order chi connectivity index (χ1) is 6.15. The van der Waals surface area contributed by atoms with E-state index in [1.165, 1.54) is 16.3 Å². The summed E-state index contributed by atoms with van der Waals surface area (Å²) in [5.74, 6) is 0.426. The fourth-order valence-electron chi connectivity index (χ4n) is 0.795. The molecular formula is C7H8F2N2OS. The number of nitrogens with zero attached hydrogens (tertiary/aromatic N) is 2. The second-order valence-corrected chi connectivity index (χ2v) is 3.18. The van der Waals surface area contributed by atoms with Crippen molar-refractivity contribution in [3.8, 4) is 0 Å². The third-order valence-corrected chi connectivity index (χ3v) is 1.93. The van der Waals surface area contributed by atoms with Crippen molar-refractivity contribution in [2.75, 3.05) is 6.26 Å². The smallest absolute Gasteiger partial charge is 0.280 e. The number of hydrogen-bond donors (Lipinski definition) is 0. The van der Waals surface area contributed by atoms with Gasteiger partial charge in [0.15, 0.2) is 0 Å². The van der Waals surface area contributed by atoms with Crippen molar-refractivity contribution in [3.63, 3.8) is 0 Å². The quantitative estimate of drug-likeness (QED) is 0.751. The Morgan fingerprint density at radius 2 is 2.38 bits per heavy atom. The van der Waals surface area contributed by atoms with Crippen LogP contribution in [0.3, 0.4) is 0 Å². The van der Waals surface area contributed by atoms with Gasteiger partial charge in [-0.05, 0) is 6.26 Å². The number of alkyl halides is 2. The van der Waals surface area contributed by atoms with Crippen LogP contribution in [0.1, 0.15) is 12.1 Å². The summed E-state index contributed by atoms with van der Waals surface area (Å²) in [6, 6.07) is 0.862. The van der Waals surface area contributed by atoms with Crippen LogP contribution in [0.2, 0.25) is 0 Å². The third-order valence-electron chi connectivity index (χ3n) is 1.39. The van der Waals surface area contributed by atoms with E-state index in [0.717, 1.165) is 12.4 Å². The van der Waals surface area contributed by atoms with Crippen molar-refractivity contribution in [2.45, 2.75) is 12.3 Å². The molecule has 0 aliphatic carbocycles. The minimum Gasteiger partial charge on any atom is -0.289 e. The summed E-state index contributed by atoms with van der Waals surface area (Å²) < 4.78 is 25.4.